The van der Waals surface area contributed by atoms with Crippen LogP contribution in [-0.2, 0) is 18.3 Å². The molecular weight excluding hydrogens is 298 g/mol. The Morgan fingerprint density at radius 2 is 1.91 bits per heavy atom. The molecule has 0 radical (unpaired) electrons. The van der Waals surface area contributed by atoms with Crippen LogP contribution in [0.15, 0.2) is 35.5 Å². The molecule has 1 saturated heterocycles. The molecule has 0 unspecified atom stereocenters. The Morgan fingerprint density at radius 3 is 2.52 bits per heavy atom. The lowest BCUT2D eigenvalue weighted by Gasteiger charge is -2.04. The standard InChI is InChI=1S/C15H15N5O3/c1-19-10(7-9-3-5-11(21)6-4-9)8-16-14(19)17-12-13(22)20(2)15(23)18-12/h3-6,8,21H,7H2,1-2H3,(H,16,17,18,23). The number of hydrogen-bond donors (Lipinski definition) is 2. The first-order chi connectivity index (χ1) is 11.0. The molecule has 3 rings (SSSR count). The second-order valence-electron chi connectivity index (χ2n) is 5.21. The summed E-state index contributed by atoms with van der Waals surface area (Å²) in [5.41, 5.74) is 1.90. The first kappa shape index (κ1) is 14.8. The lowest BCUT2D eigenvalue weighted by atomic mass is 10.1. The monoisotopic (exact) mass is 313 g/mol. The van der Waals surface area contributed by atoms with Crippen molar-refractivity contribution >= 4 is 23.7 Å². The van der Waals surface area contributed by atoms with Gasteiger partial charge in [-0.1, -0.05) is 12.1 Å². The number of amidine groups is 1. The predicted molar refractivity (Wildman–Crippen MR) is 82.5 cm³/mol. The van der Waals surface area contributed by atoms with Gasteiger partial charge in [0.05, 0.1) is 6.20 Å². The maximum absolute atomic E-state index is 11.8. The molecule has 0 atom stereocenters. The molecule has 0 spiro atoms. The van der Waals surface area contributed by atoms with Crippen LogP contribution in [0.4, 0.5) is 10.7 Å². The summed E-state index contributed by atoms with van der Waals surface area (Å²) in [7, 11) is 3.17. The summed E-state index contributed by atoms with van der Waals surface area (Å²) in [6.45, 7) is 0. The van der Waals surface area contributed by atoms with Crippen LogP contribution < -0.4 is 5.32 Å². The van der Waals surface area contributed by atoms with Gasteiger partial charge in [0.25, 0.3) is 5.91 Å². The minimum Gasteiger partial charge on any atom is -0.508 e. The van der Waals surface area contributed by atoms with Crippen molar-refractivity contribution < 1.29 is 14.7 Å². The fourth-order valence-corrected chi connectivity index (χ4v) is 2.19. The number of nitrogens with zero attached hydrogens (tertiary/aromatic N) is 4. The summed E-state index contributed by atoms with van der Waals surface area (Å²) in [5, 5.41) is 11.7. The number of rotatable bonds is 3. The first-order valence-corrected chi connectivity index (χ1v) is 6.92. The normalized spacial score (nSPS) is 16.3. The SMILES string of the molecule is CN1C(=O)N/C(=N\c2ncc(Cc3ccc(O)cc3)n2C)C1=O. The van der Waals surface area contributed by atoms with Gasteiger partial charge in [-0.2, -0.15) is 4.99 Å². The van der Waals surface area contributed by atoms with Crippen LogP contribution in [0.1, 0.15) is 11.3 Å². The minimum atomic E-state index is -0.507. The summed E-state index contributed by atoms with van der Waals surface area (Å²) in [6, 6.07) is 6.38. The third-order valence-electron chi connectivity index (χ3n) is 3.63. The van der Waals surface area contributed by atoms with Crippen LogP contribution in [0.2, 0.25) is 0 Å². The van der Waals surface area contributed by atoms with Crippen LogP contribution in [0, 0.1) is 0 Å². The average molecular weight is 313 g/mol. The molecular formula is C15H15N5O3. The molecule has 0 bridgehead atoms. The van der Waals surface area contributed by atoms with Gasteiger partial charge in [0, 0.05) is 26.2 Å². The van der Waals surface area contributed by atoms with E-state index in [4.69, 9.17) is 0 Å². The van der Waals surface area contributed by atoms with Gasteiger partial charge in [-0.3, -0.25) is 15.0 Å². The molecule has 1 aliphatic heterocycles. The summed E-state index contributed by atoms with van der Waals surface area (Å²) in [6.07, 6.45) is 2.27. The third kappa shape index (κ3) is 2.78. The zero-order chi connectivity index (χ0) is 16.6. The molecule has 118 valence electrons. The molecule has 1 aromatic heterocycles. The maximum atomic E-state index is 11.8. The Hall–Kier alpha value is -3.16. The highest BCUT2D eigenvalue weighted by Crippen LogP contribution is 2.18. The van der Waals surface area contributed by atoms with E-state index in [1.165, 1.54) is 7.05 Å². The zero-order valence-corrected chi connectivity index (χ0v) is 12.6. The van der Waals surface area contributed by atoms with E-state index in [1.54, 1.807) is 29.9 Å². The number of amides is 3. The lowest BCUT2D eigenvalue weighted by molar-refractivity contribution is -0.119. The molecule has 1 aromatic carbocycles. The van der Waals surface area contributed by atoms with Crippen LogP contribution in [-0.4, -0.2) is 44.4 Å². The average Bonchev–Trinajstić information content (AvgIpc) is 2.99. The maximum Gasteiger partial charge on any atom is 0.329 e. The molecule has 2 aromatic rings. The smallest absolute Gasteiger partial charge is 0.329 e. The van der Waals surface area contributed by atoms with Gasteiger partial charge >= 0.3 is 6.03 Å². The number of imidazole rings is 1. The van der Waals surface area contributed by atoms with Crippen molar-refractivity contribution in [2.75, 3.05) is 7.05 Å². The van der Waals surface area contributed by atoms with Gasteiger partial charge in [-0.15, -0.1) is 0 Å². The van der Waals surface area contributed by atoms with E-state index in [2.05, 4.69) is 15.3 Å². The molecule has 2 heterocycles. The van der Waals surface area contributed by atoms with Crippen molar-refractivity contribution in [1.82, 2.24) is 19.8 Å². The molecule has 23 heavy (non-hydrogen) atoms. The predicted octanol–water partition coefficient (Wildman–Crippen LogP) is 0.928. The minimum absolute atomic E-state index is 0.0395. The van der Waals surface area contributed by atoms with Crippen molar-refractivity contribution in [3.63, 3.8) is 0 Å². The summed E-state index contributed by atoms with van der Waals surface area (Å²) < 4.78 is 1.75. The molecule has 3 amide bonds. The van der Waals surface area contributed by atoms with Crippen LogP contribution in [0.5, 0.6) is 5.75 Å². The Morgan fingerprint density at radius 1 is 1.22 bits per heavy atom. The number of urea groups is 1. The summed E-state index contributed by atoms with van der Waals surface area (Å²) >= 11 is 0. The molecule has 2 N–H and O–H groups in total. The molecule has 0 saturated carbocycles. The number of carbonyl (C=O) groups is 2. The zero-order valence-electron chi connectivity index (χ0n) is 12.6. The number of phenolic OH excluding ortho intramolecular Hbond substituents is 1. The van der Waals surface area contributed by atoms with Gasteiger partial charge < -0.3 is 9.67 Å². The largest absolute Gasteiger partial charge is 0.508 e. The number of aliphatic imine (C=N–C) groups is 1. The van der Waals surface area contributed by atoms with Crippen molar-refractivity contribution in [3.05, 3.63) is 41.7 Å². The Bertz CT molecular complexity index is 807. The Kier molecular flexibility index (Phi) is 3.57. The van der Waals surface area contributed by atoms with E-state index in [0.717, 1.165) is 16.2 Å². The fraction of sp³-hybridized carbons (Fsp3) is 0.200. The molecule has 0 aliphatic carbocycles. The van der Waals surface area contributed by atoms with Crippen molar-refractivity contribution in [1.29, 1.82) is 0 Å². The van der Waals surface area contributed by atoms with E-state index >= 15 is 0 Å². The Labute approximate surface area is 132 Å². The number of nitrogens with one attached hydrogen (secondary N) is 1. The molecule has 8 heteroatoms. The highest BCUT2D eigenvalue weighted by atomic mass is 16.3. The Balaban J connectivity index is 1.84. The summed E-state index contributed by atoms with van der Waals surface area (Å²) in [4.78, 5) is 32.5. The van der Waals surface area contributed by atoms with Gasteiger partial charge in [0.15, 0.2) is 0 Å². The van der Waals surface area contributed by atoms with Crippen LogP contribution >= 0.6 is 0 Å². The fourth-order valence-electron chi connectivity index (χ4n) is 2.19. The van der Waals surface area contributed by atoms with E-state index in [0.29, 0.717) is 12.4 Å². The third-order valence-corrected chi connectivity index (χ3v) is 3.63. The second-order valence-corrected chi connectivity index (χ2v) is 5.21. The van der Waals surface area contributed by atoms with Crippen molar-refractivity contribution in [2.45, 2.75) is 6.42 Å². The topological polar surface area (TPSA) is 99.8 Å². The van der Waals surface area contributed by atoms with Gasteiger partial charge in [0.1, 0.15) is 5.75 Å². The number of aromatic hydroxyl groups is 1. The highest BCUT2D eigenvalue weighted by molar-refractivity contribution is 6.47. The van der Waals surface area contributed by atoms with Crippen molar-refractivity contribution in [2.24, 2.45) is 12.0 Å². The van der Waals surface area contributed by atoms with Crippen LogP contribution in [0.3, 0.4) is 0 Å². The van der Waals surface area contributed by atoms with E-state index in [1.807, 2.05) is 12.1 Å². The molecule has 1 aliphatic rings. The molecule has 8 nitrogen and oxygen atoms in total. The number of likely N-dealkylation sites (N-methyl/N-ethyl adjacent to an activating group) is 1. The van der Waals surface area contributed by atoms with Crippen LogP contribution in [0.25, 0.3) is 0 Å². The second kappa shape index (κ2) is 5.56. The lowest BCUT2D eigenvalue weighted by Crippen LogP contribution is -2.25. The number of hydrogen-bond acceptors (Lipinski definition) is 5. The highest BCUT2D eigenvalue weighted by Gasteiger charge is 2.32. The van der Waals surface area contributed by atoms with Gasteiger partial charge in [0.2, 0.25) is 11.8 Å². The van der Waals surface area contributed by atoms with Gasteiger partial charge in [-0.05, 0) is 17.7 Å². The number of benzene rings is 1. The van der Waals surface area contributed by atoms with Crippen molar-refractivity contribution in [3.8, 4) is 5.75 Å². The van der Waals surface area contributed by atoms with E-state index in [-0.39, 0.29) is 11.6 Å². The number of aromatic nitrogens is 2. The van der Waals surface area contributed by atoms with E-state index < -0.39 is 11.9 Å². The molecule has 1 fully saturated rings. The number of carbonyl (C=O) groups excluding carboxylic acids is 2. The summed E-state index contributed by atoms with van der Waals surface area (Å²) in [5.74, 6) is 0.0173. The van der Waals surface area contributed by atoms with E-state index in [9.17, 15) is 14.7 Å². The number of phenols is 1. The quantitative estimate of drug-likeness (QED) is 0.823. The van der Waals surface area contributed by atoms with Gasteiger partial charge in [-0.25, -0.2) is 9.78 Å². The number of imide groups is 1. The first-order valence-electron chi connectivity index (χ1n) is 6.92.